The Kier molecular flexibility index (Phi) is 5.58. The fraction of sp³-hybridized carbons (Fsp3) is 0.941. The number of ether oxygens (including phenoxy) is 1. The molecule has 3 aliphatic rings. The highest BCUT2D eigenvalue weighted by Gasteiger charge is 2.31. The quantitative estimate of drug-likeness (QED) is 0.638. The molecule has 5 heteroatoms. The highest BCUT2D eigenvalue weighted by Crippen LogP contribution is 2.29. The van der Waals surface area contributed by atoms with Crippen molar-refractivity contribution in [3.63, 3.8) is 0 Å². The molecule has 1 aliphatic carbocycles. The van der Waals surface area contributed by atoms with Gasteiger partial charge in [-0.1, -0.05) is 19.3 Å². The van der Waals surface area contributed by atoms with Gasteiger partial charge in [0.15, 0.2) is 5.96 Å². The average Bonchev–Trinajstić information content (AvgIpc) is 3.02. The molecule has 0 bridgehead atoms. The van der Waals surface area contributed by atoms with Crippen molar-refractivity contribution in [3.05, 3.63) is 0 Å². The molecular formula is C17H32N4O. The summed E-state index contributed by atoms with van der Waals surface area (Å²) in [5, 5.41) is 0. The Morgan fingerprint density at radius 2 is 1.95 bits per heavy atom. The first-order valence-corrected chi connectivity index (χ1v) is 9.16. The Morgan fingerprint density at radius 1 is 1.14 bits per heavy atom. The molecule has 2 N–H and O–H groups in total. The normalized spacial score (nSPS) is 32.6. The van der Waals surface area contributed by atoms with E-state index >= 15 is 0 Å². The summed E-state index contributed by atoms with van der Waals surface area (Å²) in [5.74, 6) is 0.714. The highest BCUT2D eigenvalue weighted by molar-refractivity contribution is 5.78. The van der Waals surface area contributed by atoms with Crippen LogP contribution in [-0.4, -0.2) is 66.7 Å². The van der Waals surface area contributed by atoms with Gasteiger partial charge in [-0.25, -0.2) is 0 Å². The summed E-state index contributed by atoms with van der Waals surface area (Å²) in [6.07, 6.45) is 9.88. The lowest BCUT2D eigenvalue weighted by atomic mass is 9.94. The van der Waals surface area contributed by atoms with E-state index in [1.165, 1.54) is 51.5 Å². The Labute approximate surface area is 134 Å². The molecule has 0 amide bonds. The van der Waals surface area contributed by atoms with E-state index in [0.717, 1.165) is 32.3 Å². The minimum Gasteiger partial charge on any atom is -0.375 e. The second-order valence-corrected chi connectivity index (χ2v) is 7.15. The summed E-state index contributed by atoms with van der Waals surface area (Å²) in [6, 6.07) is 1.42. The molecule has 2 heterocycles. The first-order chi connectivity index (χ1) is 10.7. The summed E-state index contributed by atoms with van der Waals surface area (Å²) >= 11 is 0. The number of hydrogen-bond donors (Lipinski definition) is 1. The van der Waals surface area contributed by atoms with Crippen molar-refractivity contribution in [2.24, 2.45) is 10.7 Å². The Hall–Kier alpha value is -0.810. The molecule has 0 aromatic rings. The molecule has 2 atom stereocenters. The van der Waals surface area contributed by atoms with Crippen LogP contribution >= 0.6 is 0 Å². The molecule has 3 rings (SSSR count). The van der Waals surface area contributed by atoms with E-state index in [1.807, 2.05) is 0 Å². The fourth-order valence-corrected chi connectivity index (χ4v) is 4.27. The maximum Gasteiger partial charge on any atom is 0.191 e. The van der Waals surface area contributed by atoms with E-state index in [4.69, 9.17) is 15.5 Å². The first kappa shape index (κ1) is 16.1. The van der Waals surface area contributed by atoms with E-state index in [2.05, 4.69) is 16.7 Å². The molecule has 2 aliphatic heterocycles. The molecule has 0 aromatic carbocycles. The molecule has 0 radical (unpaired) electrons. The van der Waals surface area contributed by atoms with Gasteiger partial charge < -0.3 is 15.4 Å². The van der Waals surface area contributed by atoms with E-state index in [0.29, 0.717) is 12.0 Å². The zero-order chi connectivity index (χ0) is 15.4. The van der Waals surface area contributed by atoms with Gasteiger partial charge in [-0.15, -0.1) is 0 Å². The van der Waals surface area contributed by atoms with Crippen molar-refractivity contribution in [1.29, 1.82) is 0 Å². The van der Waals surface area contributed by atoms with Crippen molar-refractivity contribution in [3.8, 4) is 0 Å². The molecule has 5 nitrogen and oxygen atoms in total. The van der Waals surface area contributed by atoms with Gasteiger partial charge in [0.2, 0.25) is 0 Å². The topological polar surface area (TPSA) is 54.1 Å². The van der Waals surface area contributed by atoms with Gasteiger partial charge in [-0.05, 0) is 39.2 Å². The summed E-state index contributed by atoms with van der Waals surface area (Å²) in [6.45, 7) is 6.73. The predicted molar refractivity (Wildman–Crippen MR) is 90.1 cm³/mol. The van der Waals surface area contributed by atoms with Crippen molar-refractivity contribution < 1.29 is 4.74 Å². The van der Waals surface area contributed by atoms with Crippen LogP contribution in [0.25, 0.3) is 0 Å². The lowest BCUT2D eigenvalue weighted by Crippen LogP contribution is -2.48. The Bertz CT molecular complexity index is 381. The Balaban J connectivity index is 1.53. The zero-order valence-corrected chi connectivity index (χ0v) is 14.0. The summed E-state index contributed by atoms with van der Waals surface area (Å²) < 4.78 is 5.57. The molecule has 2 unspecified atom stereocenters. The number of aliphatic imine (C=N–C) groups is 1. The third-order valence-electron chi connectivity index (χ3n) is 5.50. The Morgan fingerprint density at radius 3 is 2.73 bits per heavy atom. The maximum absolute atomic E-state index is 6.21. The number of nitrogens with zero attached hydrogens (tertiary/aromatic N) is 3. The molecule has 0 spiro atoms. The molecule has 3 fully saturated rings. The third-order valence-corrected chi connectivity index (χ3v) is 5.50. The van der Waals surface area contributed by atoms with Gasteiger partial charge in [0.05, 0.1) is 19.3 Å². The van der Waals surface area contributed by atoms with Crippen LogP contribution < -0.4 is 5.73 Å². The number of hydrogen-bond acceptors (Lipinski definition) is 3. The lowest BCUT2D eigenvalue weighted by molar-refractivity contribution is 0.00524. The monoisotopic (exact) mass is 308 g/mol. The molecule has 0 aromatic heterocycles. The van der Waals surface area contributed by atoms with E-state index < -0.39 is 0 Å². The molecule has 1 saturated carbocycles. The van der Waals surface area contributed by atoms with Gasteiger partial charge in [0, 0.05) is 25.2 Å². The molecule has 126 valence electrons. The van der Waals surface area contributed by atoms with Crippen molar-refractivity contribution in [1.82, 2.24) is 9.80 Å². The van der Waals surface area contributed by atoms with Gasteiger partial charge in [0.1, 0.15) is 0 Å². The number of guanidine groups is 1. The number of likely N-dealkylation sites (tertiary alicyclic amines) is 1. The predicted octanol–water partition coefficient (Wildman–Crippen LogP) is 1.82. The van der Waals surface area contributed by atoms with Crippen LogP contribution in [0.15, 0.2) is 4.99 Å². The van der Waals surface area contributed by atoms with Crippen LogP contribution in [-0.2, 0) is 4.74 Å². The van der Waals surface area contributed by atoms with E-state index in [1.54, 1.807) is 0 Å². The summed E-state index contributed by atoms with van der Waals surface area (Å²) in [5.41, 5.74) is 6.21. The van der Waals surface area contributed by atoms with Gasteiger partial charge >= 0.3 is 0 Å². The first-order valence-electron chi connectivity index (χ1n) is 9.16. The minimum absolute atomic E-state index is 0.257. The number of morpholine rings is 1. The zero-order valence-electron chi connectivity index (χ0n) is 14.0. The standard InChI is InChI=1S/C17H32N4O/c1-14-13-20(10-11-22-14)17(18)19-12-16-8-5-9-21(16)15-6-3-2-4-7-15/h14-16H,2-13H2,1H3,(H2,18,19). The van der Waals surface area contributed by atoms with Crippen molar-refractivity contribution >= 4 is 5.96 Å². The highest BCUT2D eigenvalue weighted by atomic mass is 16.5. The maximum atomic E-state index is 6.21. The van der Waals surface area contributed by atoms with Crippen LogP contribution in [0.3, 0.4) is 0 Å². The second kappa shape index (κ2) is 7.64. The summed E-state index contributed by atoms with van der Waals surface area (Å²) in [7, 11) is 0. The number of rotatable bonds is 3. The largest absolute Gasteiger partial charge is 0.375 e. The molecule has 2 saturated heterocycles. The van der Waals surface area contributed by atoms with Crippen LogP contribution in [0.2, 0.25) is 0 Å². The van der Waals surface area contributed by atoms with Gasteiger partial charge in [-0.3, -0.25) is 9.89 Å². The second-order valence-electron chi connectivity index (χ2n) is 7.15. The van der Waals surface area contributed by atoms with Crippen LogP contribution in [0.5, 0.6) is 0 Å². The molecular weight excluding hydrogens is 276 g/mol. The van der Waals surface area contributed by atoms with Gasteiger partial charge in [0.25, 0.3) is 0 Å². The number of nitrogens with two attached hydrogens (primary N) is 1. The van der Waals surface area contributed by atoms with Crippen molar-refractivity contribution in [2.45, 2.75) is 70.1 Å². The fourth-order valence-electron chi connectivity index (χ4n) is 4.27. The third kappa shape index (κ3) is 3.93. The van der Waals surface area contributed by atoms with Crippen LogP contribution in [0, 0.1) is 0 Å². The van der Waals surface area contributed by atoms with E-state index in [-0.39, 0.29) is 6.10 Å². The lowest BCUT2D eigenvalue weighted by Gasteiger charge is -2.35. The smallest absolute Gasteiger partial charge is 0.191 e. The minimum atomic E-state index is 0.257. The van der Waals surface area contributed by atoms with Crippen molar-refractivity contribution in [2.75, 3.05) is 32.8 Å². The van der Waals surface area contributed by atoms with Crippen LogP contribution in [0.4, 0.5) is 0 Å². The average molecular weight is 308 g/mol. The van der Waals surface area contributed by atoms with E-state index in [9.17, 15) is 0 Å². The van der Waals surface area contributed by atoms with Gasteiger partial charge in [-0.2, -0.15) is 0 Å². The SMILES string of the molecule is CC1CN(C(N)=NCC2CCCN2C2CCCCC2)CCO1. The van der Waals surface area contributed by atoms with Crippen LogP contribution in [0.1, 0.15) is 51.9 Å². The molecule has 22 heavy (non-hydrogen) atoms. The summed E-state index contributed by atoms with van der Waals surface area (Å²) in [4.78, 5) is 9.64.